The van der Waals surface area contributed by atoms with E-state index in [1.807, 2.05) is 30.3 Å². The first-order valence-electron chi connectivity index (χ1n) is 9.80. The molecule has 7 heteroatoms. The fourth-order valence-corrected chi connectivity index (χ4v) is 6.65. The average Bonchev–Trinajstić information content (AvgIpc) is 3.48. The highest BCUT2D eigenvalue weighted by atomic mass is 31.2. The van der Waals surface area contributed by atoms with Crippen molar-refractivity contribution >= 4 is 13.5 Å². The molecule has 1 amide bonds. The molecule has 3 unspecified atom stereocenters. The lowest BCUT2D eigenvalue weighted by Crippen LogP contribution is -2.39. The molecule has 2 aromatic rings. The molecule has 1 N–H and O–H groups in total. The molecule has 6 nitrogen and oxygen atoms in total. The van der Waals surface area contributed by atoms with Gasteiger partial charge in [-0.2, -0.15) is 5.26 Å². The summed E-state index contributed by atoms with van der Waals surface area (Å²) in [4.78, 5) is 12.5. The van der Waals surface area contributed by atoms with E-state index in [4.69, 9.17) is 14.5 Å². The summed E-state index contributed by atoms with van der Waals surface area (Å²) in [7, 11) is -3.38. The number of ether oxygens (including phenoxy) is 1. The van der Waals surface area contributed by atoms with Crippen LogP contribution in [0, 0.1) is 17.2 Å². The van der Waals surface area contributed by atoms with E-state index >= 15 is 0 Å². The van der Waals surface area contributed by atoms with Crippen molar-refractivity contribution in [3.63, 3.8) is 0 Å². The summed E-state index contributed by atoms with van der Waals surface area (Å²) in [5.41, 5.74) is 2.06. The van der Waals surface area contributed by atoms with Gasteiger partial charge in [-0.1, -0.05) is 48.5 Å². The summed E-state index contributed by atoms with van der Waals surface area (Å²) >= 11 is 0. The van der Waals surface area contributed by atoms with E-state index in [-0.39, 0.29) is 25.3 Å². The van der Waals surface area contributed by atoms with Gasteiger partial charge in [-0.3, -0.25) is 4.57 Å². The van der Waals surface area contributed by atoms with Crippen molar-refractivity contribution < 1.29 is 18.6 Å². The van der Waals surface area contributed by atoms with Gasteiger partial charge in [0, 0.05) is 5.92 Å². The Morgan fingerprint density at radius 3 is 2.67 bits per heavy atom. The van der Waals surface area contributed by atoms with Crippen LogP contribution < -0.4 is 5.32 Å². The number of nitriles is 1. The third kappa shape index (κ3) is 4.64. The normalized spacial score (nSPS) is 21.7. The van der Waals surface area contributed by atoms with Gasteiger partial charge in [-0.15, -0.1) is 6.58 Å². The van der Waals surface area contributed by atoms with Crippen molar-refractivity contribution in [3.8, 4) is 6.07 Å². The number of hydrogen-bond donors (Lipinski definition) is 1. The van der Waals surface area contributed by atoms with Crippen molar-refractivity contribution in [2.75, 3.05) is 6.61 Å². The van der Waals surface area contributed by atoms with E-state index in [0.29, 0.717) is 12.0 Å². The van der Waals surface area contributed by atoms with Crippen LogP contribution in [0.4, 0.5) is 4.79 Å². The minimum atomic E-state index is -3.38. The zero-order valence-electron chi connectivity index (χ0n) is 16.9. The maximum atomic E-state index is 14.0. The van der Waals surface area contributed by atoms with Crippen LogP contribution in [-0.2, 0) is 26.6 Å². The van der Waals surface area contributed by atoms with Gasteiger partial charge in [0.05, 0.1) is 24.4 Å². The summed E-state index contributed by atoms with van der Waals surface area (Å²) in [6.07, 6.45) is 1.62. The second-order valence-corrected chi connectivity index (χ2v) is 9.94. The molecule has 0 aromatic heterocycles. The number of hydrogen-bond acceptors (Lipinski definition) is 5. The van der Waals surface area contributed by atoms with Crippen molar-refractivity contribution in [2.24, 2.45) is 5.92 Å². The summed E-state index contributed by atoms with van der Waals surface area (Å²) in [6.45, 7) is 5.94. The standard InChI is InChI=1S/C23H25N2O4P/c1-3-21-14-23(21,25-22(26)28-16-18-9-6-5-7-10-18)30(27,29-4-2)17-20-12-8-11-19(13-20)15-24/h3,5-13,21H,1,4,14,16-17H2,2H3,(H,25,26). The molecule has 0 saturated heterocycles. The maximum Gasteiger partial charge on any atom is 0.408 e. The number of rotatable bonds is 9. The van der Waals surface area contributed by atoms with Crippen molar-refractivity contribution in [3.05, 3.63) is 83.9 Å². The van der Waals surface area contributed by atoms with Crippen molar-refractivity contribution in [1.29, 1.82) is 5.26 Å². The van der Waals surface area contributed by atoms with Gasteiger partial charge >= 0.3 is 6.09 Å². The molecule has 3 atom stereocenters. The molecule has 0 radical (unpaired) electrons. The molecule has 1 saturated carbocycles. The number of alkyl carbamates (subject to hydrolysis) is 1. The Balaban J connectivity index is 1.79. The molecule has 1 aliphatic carbocycles. The first-order valence-corrected chi connectivity index (χ1v) is 11.6. The maximum absolute atomic E-state index is 14.0. The van der Waals surface area contributed by atoms with Gasteiger partial charge < -0.3 is 14.6 Å². The molecule has 30 heavy (non-hydrogen) atoms. The van der Waals surface area contributed by atoms with Crippen LogP contribution >= 0.6 is 7.37 Å². The van der Waals surface area contributed by atoms with E-state index in [9.17, 15) is 9.36 Å². The quantitative estimate of drug-likeness (QED) is 0.441. The lowest BCUT2D eigenvalue weighted by atomic mass is 10.2. The Kier molecular flexibility index (Phi) is 6.77. The molecule has 3 rings (SSSR count). The Morgan fingerprint density at radius 1 is 1.30 bits per heavy atom. The van der Waals surface area contributed by atoms with E-state index in [2.05, 4.69) is 18.0 Å². The first kappa shape index (κ1) is 21.8. The highest BCUT2D eigenvalue weighted by Crippen LogP contribution is 2.73. The number of nitrogens with one attached hydrogen (secondary N) is 1. The van der Waals surface area contributed by atoms with Crippen LogP contribution in [0.5, 0.6) is 0 Å². The van der Waals surface area contributed by atoms with Crippen LogP contribution in [0.1, 0.15) is 30.0 Å². The molecule has 0 spiro atoms. The Bertz CT molecular complexity index is 1000. The molecular formula is C23H25N2O4P. The number of nitrogens with zero attached hydrogens (tertiary/aromatic N) is 1. The van der Waals surface area contributed by atoms with Crippen LogP contribution in [0.15, 0.2) is 67.3 Å². The second-order valence-electron chi connectivity index (χ2n) is 7.22. The Morgan fingerprint density at radius 2 is 2.03 bits per heavy atom. The third-order valence-electron chi connectivity index (χ3n) is 5.19. The SMILES string of the molecule is C=CC1CC1(NC(=O)OCc1ccccc1)P(=O)(Cc1cccc(C#N)c1)OCC. The fraction of sp³-hybridized carbons (Fsp3) is 0.304. The van der Waals surface area contributed by atoms with Crippen LogP contribution in [0.25, 0.3) is 0 Å². The minimum Gasteiger partial charge on any atom is -0.445 e. The molecule has 0 heterocycles. The first-order chi connectivity index (χ1) is 14.5. The van der Waals surface area contributed by atoms with Gasteiger partial charge in [0.25, 0.3) is 0 Å². The second kappa shape index (κ2) is 9.30. The third-order valence-corrected chi connectivity index (χ3v) is 8.49. The van der Waals surface area contributed by atoms with E-state index in [1.54, 1.807) is 37.3 Å². The summed E-state index contributed by atoms with van der Waals surface area (Å²) in [5.74, 6) is -0.182. The lowest BCUT2D eigenvalue weighted by Gasteiger charge is -2.29. The number of carbonyl (C=O) groups excluding carboxylic acids is 1. The van der Waals surface area contributed by atoms with Gasteiger partial charge in [0.2, 0.25) is 7.37 Å². The monoisotopic (exact) mass is 424 g/mol. The molecule has 1 aliphatic rings. The number of amides is 1. The highest BCUT2D eigenvalue weighted by Gasteiger charge is 2.66. The van der Waals surface area contributed by atoms with E-state index < -0.39 is 18.7 Å². The predicted octanol–water partition coefficient (Wildman–Crippen LogP) is 5.20. The molecule has 0 aliphatic heterocycles. The topological polar surface area (TPSA) is 88.4 Å². The minimum absolute atomic E-state index is 0.111. The van der Waals surface area contributed by atoms with Gasteiger partial charge in [-0.05, 0) is 36.6 Å². The van der Waals surface area contributed by atoms with Gasteiger partial charge in [0.1, 0.15) is 11.9 Å². The summed E-state index contributed by atoms with van der Waals surface area (Å²) in [5, 5.41) is 10.9. The van der Waals surface area contributed by atoms with Crippen LogP contribution in [0.3, 0.4) is 0 Å². The molecule has 0 bridgehead atoms. The van der Waals surface area contributed by atoms with Crippen LogP contribution in [-0.4, -0.2) is 18.0 Å². The van der Waals surface area contributed by atoms with Gasteiger partial charge in [0.15, 0.2) is 0 Å². The molecule has 2 aromatic carbocycles. The van der Waals surface area contributed by atoms with Crippen molar-refractivity contribution in [2.45, 2.75) is 31.4 Å². The zero-order valence-corrected chi connectivity index (χ0v) is 17.8. The summed E-state index contributed by atoms with van der Waals surface area (Å²) in [6, 6.07) is 18.4. The van der Waals surface area contributed by atoms with Crippen molar-refractivity contribution in [1.82, 2.24) is 5.32 Å². The highest BCUT2D eigenvalue weighted by molar-refractivity contribution is 7.60. The number of carbonyl (C=O) groups is 1. The Labute approximate surface area is 177 Å². The zero-order chi connectivity index (χ0) is 21.6. The predicted molar refractivity (Wildman–Crippen MR) is 115 cm³/mol. The Hall–Kier alpha value is -2.87. The van der Waals surface area contributed by atoms with E-state index in [0.717, 1.165) is 11.1 Å². The fourth-order valence-electron chi connectivity index (χ4n) is 3.60. The smallest absolute Gasteiger partial charge is 0.408 e. The summed E-state index contributed by atoms with van der Waals surface area (Å²) < 4.78 is 25.2. The average molecular weight is 424 g/mol. The van der Waals surface area contributed by atoms with E-state index in [1.165, 1.54) is 0 Å². The number of benzene rings is 2. The lowest BCUT2D eigenvalue weighted by molar-refractivity contribution is 0.136. The molecular weight excluding hydrogens is 399 g/mol. The molecule has 1 fully saturated rings. The largest absolute Gasteiger partial charge is 0.445 e. The van der Waals surface area contributed by atoms with Gasteiger partial charge in [-0.25, -0.2) is 4.79 Å². The molecule has 156 valence electrons. The van der Waals surface area contributed by atoms with Crippen LogP contribution in [0.2, 0.25) is 0 Å².